The quantitative estimate of drug-likeness (QED) is 0.783. The molecule has 142 valence electrons. The second-order valence-electron chi connectivity index (χ2n) is 6.45. The summed E-state index contributed by atoms with van der Waals surface area (Å²) in [5, 5.41) is 5.22. The number of carbonyl (C=O) groups is 2. The van der Waals surface area contributed by atoms with E-state index in [9.17, 15) is 18.4 Å². The highest BCUT2D eigenvalue weighted by Gasteiger charge is 2.48. The van der Waals surface area contributed by atoms with Crippen LogP contribution in [0.15, 0.2) is 42.5 Å². The van der Waals surface area contributed by atoms with Gasteiger partial charge in [-0.25, -0.2) is 8.78 Å². The van der Waals surface area contributed by atoms with Gasteiger partial charge in [0.1, 0.15) is 17.4 Å². The number of carbonyl (C=O) groups excluding carboxylic acids is 2. The van der Waals surface area contributed by atoms with E-state index in [0.29, 0.717) is 25.5 Å². The fourth-order valence-corrected chi connectivity index (χ4v) is 2.84. The molecule has 7 heteroatoms. The molecule has 1 aliphatic rings. The molecule has 0 bridgehead atoms. The SMILES string of the molecule is COc1ccc(CCNC(=O)C2CC2C(=O)Nc2ccc(F)cc2F)cc1. The van der Waals surface area contributed by atoms with Crippen LogP contribution in [0.3, 0.4) is 0 Å². The summed E-state index contributed by atoms with van der Waals surface area (Å²) in [5.74, 6) is -2.32. The molecular weight excluding hydrogens is 354 g/mol. The number of hydrogen-bond acceptors (Lipinski definition) is 3. The molecule has 3 rings (SSSR count). The molecule has 0 spiro atoms. The van der Waals surface area contributed by atoms with E-state index in [1.54, 1.807) is 7.11 Å². The molecule has 0 aliphatic heterocycles. The molecule has 2 aromatic rings. The molecule has 1 fully saturated rings. The van der Waals surface area contributed by atoms with E-state index in [4.69, 9.17) is 4.74 Å². The van der Waals surface area contributed by atoms with E-state index in [2.05, 4.69) is 10.6 Å². The molecule has 0 heterocycles. The predicted octanol–water partition coefficient (Wildman–Crippen LogP) is 2.91. The van der Waals surface area contributed by atoms with Crippen LogP contribution in [0.5, 0.6) is 5.75 Å². The van der Waals surface area contributed by atoms with Crippen LogP contribution in [0.1, 0.15) is 12.0 Å². The van der Waals surface area contributed by atoms with Crippen LogP contribution in [0, 0.1) is 23.5 Å². The minimum Gasteiger partial charge on any atom is -0.497 e. The first-order valence-electron chi connectivity index (χ1n) is 8.64. The van der Waals surface area contributed by atoms with Crippen molar-refractivity contribution in [3.05, 3.63) is 59.7 Å². The Kier molecular flexibility index (Phi) is 5.69. The molecule has 0 radical (unpaired) electrons. The Morgan fingerprint density at radius 2 is 1.78 bits per heavy atom. The number of ether oxygens (including phenoxy) is 1. The lowest BCUT2D eigenvalue weighted by Crippen LogP contribution is -2.29. The van der Waals surface area contributed by atoms with Crippen LogP contribution in [-0.2, 0) is 16.0 Å². The fraction of sp³-hybridized carbons (Fsp3) is 0.300. The maximum absolute atomic E-state index is 13.6. The van der Waals surface area contributed by atoms with Crippen molar-refractivity contribution < 1.29 is 23.1 Å². The lowest BCUT2D eigenvalue weighted by atomic mass is 10.1. The molecule has 1 saturated carbocycles. The largest absolute Gasteiger partial charge is 0.497 e. The Morgan fingerprint density at radius 1 is 1.07 bits per heavy atom. The number of hydrogen-bond donors (Lipinski definition) is 2. The topological polar surface area (TPSA) is 67.4 Å². The van der Waals surface area contributed by atoms with Crippen molar-refractivity contribution in [2.24, 2.45) is 11.8 Å². The highest BCUT2D eigenvalue weighted by atomic mass is 19.1. The molecule has 5 nitrogen and oxygen atoms in total. The van der Waals surface area contributed by atoms with E-state index in [1.165, 1.54) is 0 Å². The van der Waals surface area contributed by atoms with Gasteiger partial charge < -0.3 is 15.4 Å². The number of benzene rings is 2. The van der Waals surface area contributed by atoms with Crippen molar-refractivity contribution in [2.45, 2.75) is 12.8 Å². The van der Waals surface area contributed by atoms with Gasteiger partial charge >= 0.3 is 0 Å². The first kappa shape index (κ1) is 18.8. The Labute approximate surface area is 155 Å². The zero-order chi connectivity index (χ0) is 19.4. The standard InChI is InChI=1S/C20H20F2N2O3/c1-27-14-5-2-12(3-6-14)8-9-23-19(25)15-11-16(15)20(26)24-18-7-4-13(21)10-17(18)22/h2-7,10,15-16H,8-9,11H2,1H3,(H,23,25)(H,24,26). The van der Waals surface area contributed by atoms with Crippen molar-refractivity contribution >= 4 is 17.5 Å². The van der Waals surface area contributed by atoms with Crippen LogP contribution in [0.2, 0.25) is 0 Å². The Bertz CT molecular complexity index is 840. The van der Waals surface area contributed by atoms with Crippen molar-refractivity contribution in [1.29, 1.82) is 0 Å². The van der Waals surface area contributed by atoms with Gasteiger partial charge in [-0.05, 0) is 42.7 Å². The van der Waals surface area contributed by atoms with Gasteiger partial charge in [0.2, 0.25) is 11.8 Å². The smallest absolute Gasteiger partial charge is 0.228 e. The van der Waals surface area contributed by atoms with Gasteiger partial charge in [0, 0.05) is 12.6 Å². The van der Waals surface area contributed by atoms with Gasteiger partial charge in [-0.15, -0.1) is 0 Å². The van der Waals surface area contributed by atoms with Gasteiger partial charge in [0.15, 0.2) is 0 Å². The minimum atomic E-state index is -0.843. The predicted molar refractivity (Wildman–Crippen MR) is 96.3 cm³/mol. The summed E-state index contributed by atoms with van der Waals surface area (Å²) < 4.78 is 31.6. The second kappa shape index (κ2) is 8.16. The maximum Gasteiger partial charge on any atom is 0.228 e. The molecule has 1 aliphatic carbocycles. The molecule has 2 amide bonds. The summed E-state index contributed by atoms with van der Waals surface area (Å²) in [4.78, 5) is 24.3. The molecule has 2 atom stereocenters. The van der Waals surface area contributed by atoms with Gasteiger partial charge in [-0.3, -0.25) is 9.59 Å². The first-order chi connectivity index (χ1) is 13.0. The molecule has 0 saturated heterocycles. The lowest BCUT2D eigenvalue weighted by molar-refractivity contribution is -0.125. The fourth-order valence-electron chi connectivity index (χ4n) is 2.84. The van der Waals surface area contributed by atoms with Crippen LogP contribution in [0.25, 0.3) is 0 Å². The van der Waals surface area contributed by atoms with Gasteiger partial charge in [-0.1, -0.05) is 12.1 Å². The second-order valence-corrected chi connectivity index (χ2v) is 6.45. The molecule has 0 aromatic heterocycles. The summed E-state index contributed by atoms with van der Waals surface area (Å²) in [6.07, 6.45) is 1.09. The van der Waals surface area contributed by atoms with Gasteiger partial charge in [-0.2, -0.15) is 0 Å². The lowest BCUT2D eigenvalue weighted by Gasteiger charge is -2.07. The van der Waals surface area contributed by atoms with E-state index in [1.807, 2.05) is 24.3 Å². The number of amides is 2. The molecule has 2 unspecified atom stereocenters. The minimum absolute atomic E-state index is 0.0908. The van der Waals surface area contributed by atoms with Crippen LogP contribution in [-0.4, -0.2) is 25.5 Å². The van der Waals surface area contributed by atoms with E-state index >= 15 is 0 Å². The zero-order valence-electron chi connectivity index (χ0n) is 14.8. The number of anilines is 1. The Hall–Kier alpha value is -2.96. The van der Waals surface area contributed by atoms with Crippen molar-refractivity contribution in [1.82, 2.24) is 5.32 Å². The monoisotopic (exact) mass is 374 g/mol. The maximum atomic E-state index is 13.6. The molecular formula is C20H20F2N2O3. The number of halogens is 2. The third-order valence-electron chi connectivity index (χ3n) is 4.52. The summed E-state index contributed by atoms with van der Waals surface area (Å²) >= 11 is 0. The van der Waals surface area contributed by atoms with E-state index in [-0.39, 0.29) is 11.6 Å². The zero-order valence-corrected chi connectivity index (χ0v) is 14.8. The first-order valence-corrected chi connectivity index (χ1v) is 8.64. The number of rotatable bonds is 7. The molecule has 27 heavy (non-hydrogen) atoms. The van der Waals surface area contributed by atoms with Crippen molar-refractivity contribution in [3.63, 3.8) is 0 Å². The average Bonchev–Trinajstić information content (AvgIpc) is 3.45. The van der Waals surface area contributed by atoms with Crippen LogP contribution < -0.4 is 15.4 Å². The summed E-state index contributed by atoms with van der Waals surface area (Å²) in [6, 6.07) is 10.5. The highest BCUT2D eigenvalue weighted by Crippen LogP contribution is 2.39. The van der Waals surface area contributed by atoms with E-state index < -0.39 is 29.4 Å². The van der Waals surface area contributed by atoms with Crippen LogP contribution in [0.4, 0.5) is 14.5 Å². The van der Waals surface area contributed by atoms with Gasteiger partial charge in [0.25, 0.3) is 0 Å². The third kappa shape index (κ3) is 4.81. The average molecular weight is 374 g/mol. The number of nitrogens with one attached hydrogen (secondary N) is 2. The van der Waals surface area contributed by atoms with Gasteiger partial charge in [0.05, 0.1) is 24.6 Å². The van der Waals surface area contributed by atoms with Crippen molar-refractivity contribution in [3.8, 4) is 5.75 Å². The Morgan fingerprint density at radius 3 is 2.44 bits per heavy atom. The molecule has 2 N–H and O–H groups in total. The highest BCUT2D eigenvalue weighted by molar-refractivity contribution is 5.99. The summed E-state index contributed by atoms with van der Waals surface area (Å²) in [6.45, 7) is 0.461. The van der Waals surface area contributed by atoms with E-state index in [0.717, 1.165) is 23.4 Å². The summed E-state index contributed by atoms with van der Waals surface area (Å²) in [7, 11) is 1.60. The number of methoxy groups -OCH3 is 1. The Balaban J connectivity index is 1.43. The summed E-state index contributed by atoms with van der Waals surface area (Å²) in [5.41, 5.74) is 0.972. The van der Waals surface area contributed by atoms with Crippen LogP contribution >= 0.6 is 0 Å². The molecule has 2 aromatic carbocycles. The van der Waals surface area contributed by atoms with Crippen molar-refractivity contribution in [2.75, 3.05) is 19.0 Å². The third-order valence-corrected chi connectivity index (χ3v) is 4.52. The normalized spacial score (nSPS) is 17.9.